The van der Waals surface area contributed by atoms with E-state index in [1.54, 1.807) is 18.2 Å². The fourth-order valence-electron chi connectivity index (χ4n) is 1.15. The molecule has 0 bridgehead atoms. The zero-order valence-electron chi connectivity index (χ0n) is 9.07. The molecule has 0 aliphatic carbocycles. The van der Waals surface area contributed by atoms with E-state index in [1.807, 2.05) is 0 Å². The molecule has 1 aromatic carbocycles. The molecular formula is C11H13ClO4. The Balaban J connectivity index is 2.72. The smallest absolute Gasteiger partial charge is 0.332 e. The second-order valence-corrected chi connectivity index (χ2v) is 3.68. The van der Waals surface area contributed by atoms with Gasteiger partial charge in [0.25, 0.3) is 0 Å². The number of aliphatic carboxylic acids is 1. The van der Waals surface area contributed by atoms with Crippen molar-refractivity contribution in [2.75, 3.05) is 7.11 Å². The van der Waals surface area contributed by atoms with Gasteiger partial charge in [0.05, 0.1) is 13.7 Å². The molecule has 1 atom stereocenters. The maximum Gasteiger partial charge on any atom is 0.332 e. The van der Waals surface area contributed by atoms with Crippen molar-refractivity contribution >= 4 is 17.6 Å². The minimum Gasteiger partial charge on any atom is -0.496 e. The number of carboxylic acid groups (broad SMARTS) is 1. The lowest BCUT2D eigenvalue weighted by Crippen LogP contribution is -2.19. The van der Waals surface area contributed by atoms with Gasteiger partial charge in [-0.15, -0.1) is 0 Å². The predicted molar refractivity (Wildman–Crippen MR) is 59.9 cm³/mol. The van der Waals surface area contributed by atoms with E-state index in [2.05, 4.69) is 0 Å². The molecule has 0 saturated heterocycles. The Hall–Kier alpha value is -1.26. The lowest BCUT2D eigenvalue weighted by atomic mass is 10.2. The van der Waals surface area contributed by atoms with Crippen LogP contribution >= 0.6 is 11.6 Å². The fraction of sp³-hybridized carbons (Fsp3) is 0.364. The highest BCUT2D eigenvalue weighted by Gasteiger charge is 2.12. The van der Waals surface area contributed by atoms with E-state index >= 15 is 0 Å². The first-order valence-corrected chi connectivity index (χ1v) is 5.09. The summed E-state index contributed by atoms with van der Waals surface area (Å²) >= 11 is 5.82. The van der Waals surface area contributed by atoms with Crippen LogP contribution in [0.25, 0.3) is 0 Å². The molecule has 0 saturated carbocycles. The molecule has 5 heteroatoms. The third-order valence-electron chi connectivity index (χ3n) is 2.08. The number of methoxy groups -OCH3 is 1. The molecule has 0 heterocycles. The van der Waals surface area contributed by atoms with Crippen LogP contribution in [0.2, 0.25) is 5.02 Å². The molecule has 88 valence electrons. The van der Waals surface area contributed by atoms with E-state index in [0.717, 1.165) is 5.56 Å². The van der Waals surface area contributed by atoms with Crippen molar-refractivity contribution in [2.24, 2.45) is 0 Å². The SMILES string of the molecule is COc1ccc(Cl)cc1CO[C@@H](C)C(=O)O. The normalized spacial score (nSPS) is 12.2. The van der Waals surface area contributed by atoms with E-state index in [4.69, 9.17) is 26.2 Å². The molecule has 0 aliphatic heterocycles. The number of hydrogen-bond acceptors (Lipinski definition) is 3. The van der Waals surface area contributed by atoms with Crippen molar-refractivity contribution in [3.8, 4) is 5.75 Å². The second kappa shape index (κ2) is 5.72. The van der Waals surface area contributed by atoms with Crippen molar-refractivity contribution in [3.05, 3.63) is 28.8 Å². The lowest BCUT2D eigenvalue weighted by molar-refractivity contribution is -0.149. The molecule has 1 rings (SSSR count). The van der Waals surface area contributed by atoms with Crippen LogP contribution in [0, 0.1) is 0 Å². The second-order valence-electron chi connectivity index (χ2n) is 3.25. The number of carboxylic acids is 1. The Morgan fingerprint density at radius 3 is 2.81 bits per heavy atom. The van der Waals surface area contributed by atoms with Gasteiger partial charge < -0.3 is 14.6 Å². The highest BCUT2D eigenvalue weighted by Crippen LogP contribution is 2.23. The molecular weight excluding hydrogens is 232 g/mol. The van der Waals surface area contributed by atoms with Gasteiger partial charge >= 0.3 is 5.97 Å². The van der Waals surface area contributed by atoms with Crippen molar-refractivity contribution in [1.82, 2.24) is 0 Å². The molecule has 0 unspecified atom stereocenters. The van der Waals surface area contributed by atoms with E-state index < -0.39 is 12.1 Å². The van der Waals surface area contributed by atoms with Gasteiger partial charge in [-0.2, -0.15) is 0 Å². The number of carbonyl (C=O) groups is 1. The summed E-state index contributed by atoms with van der Waals surface area (Å²) in [4.78, 5) is 10.6. The summed E-state index contributed by atoms with van der Waals surface area (Å²) in [5.41, 5.74) is 0.725. The van der Waals surface area contributed by atoms with Crippen LogP contribution in [-0.2, 0) is 16.1 Å². The van der Waals surface area contributed by atoms with E-state index in [-0.39, 0.29) is 6.61 Å². The van der Waals surface area contributed by atoms with Crippen molar-refractivity contribution in [1.29, 1.82) is 0 Å². The van der Waals surface area contributed by atoms with Crippen molar-refractivity contribution < 1.29 is 19.4 Å². The van der Waals surface area contributed by atoms with Crippen LogP contribution < -0.4 is 4.74 Å². The Kier molecular flexibility index (Phi) is 4.58. The van der Waals surface area contributed by atoms with Crippen LogP contribution in [0.3, 0.4) is 0 Å². The van der Waals surface area contributed by atoms with Crippen LogP contribution in [0.1, 0.15) is 12.5 Å². The van der Waals surface area contributed by atoms with Gasteiger partial charge in [0.2, 0.25) is 0 Å². The topological polar surface area (TPSA) is 55.8 Å². The number of hydrogen-bond donors (Lipinski definition) is 1. The summed E-state index contributed by atoms with van der Waals surface area (Å²) in [6, 6.07) is 5.10. The van der Waals surface area contributed by atoms with Crippen molar-refractivity contribution in [2.45, 2.75) is 19.6 Å². The van der Waals surface area contributed by atoms with Crippen LogP contribution in [0.4, 0.5) is 0 Å². The van der Waals surface area contributed by atoms with Crippen LogP contribution in [0.15, 0.2) is 18.2 Å². The zero-order valence-corrected chi connectivity index (χ0v) is 9.82. The molecule has 0 aromatic heterocycles. The Morgan fingerprint density at radius 1 is 1.56 bits per heavy atom. The molecule has 4 nitrogen and oxygen atoms in total. The largest absolute Gasteiger partial charge is 0.496 e. The average Bonchev–Trinajstić information content (AvgIpc) is 2.25. The monoisotopic (exact) mass is 244 g/mol. The third-order valence-corrected chi connectivity index (χ3v) is 2.31. The molecule has 0 aliphatic rings. The highest BCUT2D eigenvalue weighted by molar-refractivity contribution is 6.30. The molecule has 1 aromatic rings. The van der Waals surface area contributed by atoms with Crippen molar-refractivity contribution in [3.63, 3.8) is 0 Å². The highest BCUT2D eigenvalue weighted by atomic mass is 35.5. The Morgan fingerprint density at radius 2 is 2.25 bits per heavy atom. The molecule has 16 heavy (non-hydrogen) atoms. The maximum absolute atomic E-state index is 10.6. The van der Waals surface area contributed by atoms with E-state index in [9.17, 15) is 4.79 Å². The minimum absolute atomic E-state index is 0.150. The molecule has 0 spiro atoms. The summed E-state index contributed by atoms with van der Waals surface area (Å²) in [6.07, 6.45) is -0.858. The fourth-order valence-corrected chi connectivity index (χ4v) is 1.34. The van der Waals surface area contributed by atoms with E-state index in [1.165, 1.54) is 14.0 Å². The van der Waals surface area contributed by atoms with Gasteiger partial charge in [-0.05, 0) is 25.1 Å². The summed E-state index contributed by atoms with van der Waals surface area (Å²) in [5.74, 6) is -0.372. The predicted octanol–water partition coefficient (Wildman–Crippen LogP) is 2.34. The number of ether oxygens (including phenoxy) is 2. The summed E-state index contributed by atoms with van der Waals surface area (Å²) in [6.45, 7) is 1.62. The lowest BCUT2D eigenvalue weighted by Gasteiger charge is -2.11. The molecule has 0 radical (unpaired) electrons. The van der Waals surface area contributed by atoms with Crippen LogP contribution in [-0.4, -0.2) is 24.3 Å². The maximum atomic E-state index is 10.6. The number of benzene rings is 1. The van der Waals surface area contributed by atoms with Gasteiger partial charge in [-0.25, -0.2) is 4.79 Å². The van der Waals surface area contributed by atoms with Gasteiger partial charge in [0, 0.05) is 10.6 Å². The first kappa shape index (κ1) is 12.8. The first-order chi connectivity index (χ1) is 7.54. The van der Waals surface area contributed by atoms with Gasteiger partial charge in [-0.3, -0.25) is 0 Å². The number of rotatable bonds is 5. The standard InChI is InChI=1S/C11H13ClO4/c1-7(11(13)14)16-6-8-5-9(12)3-4-10(8)15-2/h3-5,7H,6H2,1-2H3,(H,13,14)/t7-/m0/s1. The number of halogens is 1. The Bertz CT molecular complexity index is 378. The van der Waals surface area contributed by atoms with Gasteiger partial charge in [0.1, 0.15) is 5.75 Å². The molecule has 0 fully saturated rings. The third kappa shape index (κ3) is 3.40. The summed E-state index contributed by atoms with van der Waals surface area (Å²) < 4.78 is 10.3. The molecule has 1 N–H and O–H groups in total. The first-order valence-electron chi connectivity index (χ1n) is 4.71. The average molecular weight is 245 g/mol. The van der Waals surface area contributed by atoms with Gasteiger partial charge in [-0.1, -0.05) is 11.6 Å². The summed E-state index contributed by atoms with van der Waals surface area (Å²) in [7, 11) is 1.54. The zero-order chi connectivity index (χ0) is 12.1. The van der Waals surface area contributed by atoms with Gasteiger partial charge in [0.15, 0.2) is 6.10 Å². The van der Waals surface area contributed by atoms with Crippen LogP contribution in [0.5, 0.6) is 5.75 Å². The molecule has 0 amide bonds. The van der Waals surface area contributed by atoms with E-state index in [0.29, 0.717) is 10.8 Å². The summed E-state index contributed by atoms with van der Waals surface area (Å²) in [5, 5.41) is 9.22. The quantitative estimate of drug-likeness (QED) is 0.864. The minimum atomic E-state index is -0.999. The Labute approximate surface area is 98.7 Å².